The number of para-hydroxylation sites is 1. The third-order valence-electron chi connectivity index (χ3n) is 3.69. The molecular formula is C21H19N3O3. The third-order valence-corrected chi connectivity index (χ3v) is 3.69. The Balaban J connectivity index is 1.51. The highest BCUT2D eigenvalue weighted by atomic mass is 16.5. The van der Waals surface area contributed by atoms with E-state index in [4.69, 9.17) is 4.74 Å². The molecule has 0 radical (unpaired) electrons. The lowest BCUT2D eigenvalue weighted by Crippen LogP contribution is -2.33. The Kier molecular flexibility index (Phi) is 5.79. The minimum absolute atomic E-state index is 0.142. The second kappa shape index (κ2) is 8.62. The molecule has 0 fully saturated rings. The van der Waals surface area contributed by atoms with Gasteiger partial charge in [0.05, 0.1) is 6.54 Å². The van der Waals surface area contributed by atoms with Crippen molar-refractivity contribution in [1.29, 1.82) is 0 Å². The molecule has 6 nitrogen and oxygen atoms in total. The number of hydrogen-bond acceptors (Lipinski definition) is 4. The Bertz CT molecular complexity index is 925. The highest BCUT2D eigenvalue weighted by Gasteiger charge is 2.09. The van der Waals surface area contributed by atoms with Crippen molar-refractivity contribution in [2.75, 3.05) is 11.9 Å². The number of carbonyl (C=O) groups excluding carboxylic acids is 2. The summed E-state index contributed by atoms with van der Waals surface area (Å²) in [7, 11) is 0. The van der Waals surface area contributed by atoms with Gasteiger partial charge in [-0.25, -0.2) is 4.98 Å². The second-order valence-corrected chi connectivity index (χ2v) is 5.89. The quantitative estimate of drug-likeness (QED) is 0.704. The zero-order valence-electron chi connectivity index (χ0n) is 14.8. The monoisotopic (exact) mass is 361 g/mol. The van der Waals surface area contributed by atoms with Crippen LogP contribution >= 0.6 is 0 Å². The number of aryl methyl sites for hydroxylation is 1. The van der Waals surface area contributed by atoms with Crippen LogP contribution in [0.3, 0.4) is 0 Å². The Morgan fingerprint density at radius 3 is 2.37 bits per heavy atom. The van der Waals surface area contributed by atoms with E-state index in [1.165, 1.54) is 0 Å². The molecule has 0 aliphatic heterocycles. The summed E-state index contributed by atoms with van der Waals surface area (Å²) in [6.07, 6.45) is 1.61. The van der Waals surface area contributed by atoms with E-state index in [9.17, 15) is 9.59 Å². The van der Waals surface area contributed by atoms with Crippen molar-refractivity contribution < 1.29 is 14.3 Å². The maximum atomic E-state index is 12.2. The van der Waals surface area contributed by atoms with Crippen molar-refractivity contribution >= 4 is 17.6 Å². The van der Waals surface area contributed by atoms with Gasteiger partial charge in [-0.05, 0) is 61.0 Å². The summed E-state index contributed by atoms with van der Waals surface area (Å²) in [6, 6.07) is 19.7. The number of rotatable bonds is 6. The smallest absolute Gasteiger partial charge is 0.251 e. The summed E-state index contributed by atoms with van der Waals surface area (Å²) < 4.78 is 5.68. The lowest BCUT2D eigenvalue weighted by Gasteiger charge is -2.08. The Hall–Kier alpha value is -3.67. The molecule has 136 valence electrons. The first kappa shape index (κ1) is 18.1. The molecule has 2 N–H and O–H groups in total. The SMILES string of the molecule is Cc1ccnc(NC(=O)CNC(=O)c2ccc(Oc3ccccc3)cc2)c1. The van der Waals surface area contributed by atoms with Crippen molar-refractivity contribution in [2.24, 2.45) is 0 Å². The number of benzene rings is 2. The third kappa shape index (κ3) is 5.40. The molecule has 0 spiro atoms. The molecule has 0 aliphatic carbocycles. The fraction of sp³-hybridized carbons (Fsp3) is 0.0952. The number of amides is 2. The van der Waals surface area contributed by atoms with E-state index in [1.807, 2.05) is 43.3 Å². The highest BCUT2D eigenvalue weighted by molar-refractivity contribution is 5.99. The first-order valence-corrected chi connectivity index (χ1v) is 8.44. The second-order valence-electron chi connectivity index (χ2n) is 5.89. The molecule has 0 saturated carbocycles. The van der Waals surface area contributed by atoms with Crippen LogP contribution in [-0.2, 0) is 4.79 Å². The van der Waals surface area contributed by atoms with Crippen molar-refractivity contribution in [1.82, 2.24) is 10.3 Å². The van der Waals surface area contributed by atoms with Crippen LogP contribution in [0.25, 0.3) is 0 Å². The van der Waals surface area contributed by atoms with Crippen LogP contribution in [-0.4, -0.2) is 23.3 Å². The molecule has 6 heteroatoms. The molecule has 0 saturated heterocycles. The van der Waals surface area contributed by atoms with E-state index < -0.39 is 0 Å². The van der Waals surface area contributed by atoms with Gasteiger partial charge < -0.3 is 15.4 Å². The topological polar surface area (TPSA) is 80.3 Å². The number of nitrogens with one attached hydrogen (secondary N) is 2. The van der Waals surface area contributed by atoms with E-state index >= 15 is 0 Å². The van der Waals surface area contributed by atoms with Crippen LogP contribution in [0.5, 0.6) is 11.5 Å². The van der Waals surface area contributed by atoms with E-state index in [0.717, 1.165) is 11.3 Å². The first-order chi connectivity index (χ1) is 13.1. The molecule has 2 aromatic carbocycles. The summed E-state index contributed by atoms with van der Waals surface area (Å²) >= 11 is 0. The Morgan fingerprint density at radius 1 is 0.963 bits per heavy atom. The lowest BCUT2D eigenvalue weighted by atomic mass is 10.2. The molecular weight excluding hydrogens is 342 g/mol. The fourth-order valence-corrected chi connectivity index (χ4v) is 2.35. The van der Waals surface area contributed by atoms with E-state index in [-0.39, 0.29) is 18.4 Å². The van der Waals surface area contributed by atoms with Gasteiger partial charge in [-0.3, -0.25) is 9.59 Å². The van der Waals surface area contributed by atoms with Gasteiger partial charge in [0.25, 0.3) is 5.91 Å². The summed E-state index contributed by atoms with van der Waals surface area (Å²) in [5, 5.41) is 5.22. The van der Waals surface area contributed by atoms with E-state index in [1.54, 1.807) is 36.5 Å². The van der Waals surface area contributed by atoms with Crippen molar-refractivity contribution in [2.45, 2.75) is 6.92 Å². The first-order valence-electron chi connectivity index (χ1n) is 8.44. The van der Waals surface area contributed by atoms with Crippen molar-refractivity contribution in [3.8, 4) is 11.5 Å². The molecule has 0 atom stereocenters. The molecule has 1 heterocycles. The highest BCUT2D eigenvalue weighted by Crippen LogP contribution is 2.21. The number of aromatic nitrogens is 1. The summed E-state index contributed by atoms with van der Waals surface area (Å²) in [6.45, 7) is 1.76. The predicted molar refractivity (Wildman–Crippen MR) is 103 cm³/mol. The number of carbonyl (C=O) groups is 2. The van der Waals surface area contributed by atoms with Gasteiger partial charge in [0.15, 0.2) is 0 Å². The minimum atomic E-state index is -0.342. The normalized spacial score (nSPS) is 10.1. The molecule has 1 aromatic heterocycles. The fourth-order valence-electron chi connectivity index (χ4n) is 2.35. The van der Waals surface area contributed by atoms with Crippen LogP contribution < -0.4 is 15.4 Å². The minimum Gasteiger partial charge on any atom is -0.457 e. The molecule has 2 amide bonds. The average molecular weight is 361 g/mol. The average Bonchev–Trinajstić information content (AvgIpc) is 2.67. The van der Waals surface area contributed by atoms with Gasteiger partial charge in [-0.1, -0.05) is 18.2 Å². The number of pyridine rings is 1. The van der Waals surface area contributed by atoms with Gasteiger partial charge in [0, 0.05) is 11.8 Å². The molecule has 3 aromatic rings. The number of ether oxygens (including phenoxy) is 1. The summed E-state index contributed by atoms with van der Waals surface area (Å²) in [5.41, 5.74) is 1.43. The van der Waals surface area contributed by atoms with E-state index in [0.29, 0.717) is 17.1 Å². The van der Waals surface area contributed by atoms with Crippen LogP contribution in [0.15, 0.2) is 72.9 Å². The zero-order valence-corrected chi connectivity index (χ0v) is 14.8. The Labute approximate surface area is 157 Å². The van der Waals surface area contributed by atoms with Gasteiger partial charge in [0.2, 0.25) is 5.91 Å². The lowest BCUT2D eigenvalue weighted by molar-refractivity contribution is -0.115. The van der Waals surface area contributed by atoms with Gasteiger partial charge in [-0.15, -0.1) is 0 Å². The number of nitrogens with zero attached hydrogens (tertiary/aromatic N) is 1. The van der Waals surface area contributed by atoms with Crippen LogP contribution in [0.2, 0.25) is 0 Å². The molecule has 27 heavy (non-hydrogen) atoms. The van der Waals surface area contributed by atoms with E-state index in [2.05, 4.69) is 15.6 Å². The van der Waals surface area contributed by atoms with Gasteiger partial charge in [0.1, 0.15) is 17.3 Å². The van der Waals surface area contributed by atoms with Crippen LogP contribution in [0.1, 0.15) is 15.9 Å². The van der Waals surface area contributed by atoms with Gasteiger partial charge >= 0.3 is 0 Å². The summed E-state index contributed by atoms with van der Waals surface area (Å²) in [4.78, 5) is 28.2. The maximum absolute atomic E-state index is 12.2. The molecule has 0 aliphatic rings. The summed E-state index contributed by atoms with van der Waals surface area (Å²) in [5.74, 6) is 1.12. The van der Waals surface area contributed by atoms with Crippen LogP contribution in [0, 0.1) is 6.92 Å². The standard InChI is InChI=1S/C21H19N3O3/c1-15-11-12-22-19(13-15)24-20(25)14-23-21(26)16-7-9-18(10-8-16)27-17-5-3-2-4-6-17/h2-13H,14H2,1H3,(H,23,26)(H,22,24,25). The van der Waals surface area contributed by atoms with Crippen molar-refractivity contribution in [3.63, 3.8) is 0 Å². The molecule has 0 unspecified atom stereocenters. The molecule has 3 rings (SSSR count). The number of hydrogen-bond donors (Lipinski definition) is 2. The molecule has 0 bridgehead atoms. The van der Waals surface area contributed by atoms with Crippen LogP contribution in [0.4, 0.5) is 5.82 Å². The predicted octanol–water partition coefficient (Wildman–Crippen LogP) is 3.55. The zero-order chi connectivity index (χ0) is 19.1. The van der Waals surface area contributed by atoms with Gasteiger partial charge in [-0.2, -0.15) is 0 Å². The number of anilines is 1. The maximum Gasteiger partial charge on any atom is 0.251 e. The Morgan fingerprint density at radius 2 is 1.67 bits per heavy atom. The largest absolute Gasteiger partial charge is 0.457 e. The van der Waals surface area contributed by atoms with Crippen molar-refractivity contribution in [3.05, 3.63) is 84.1 Å².